The fraction of sp³-hybridized carbons (Fsp3) is 0.538. The Morgan fingerprint density at radius 2 is 2.21 bits per heavy atom. The van der Waals surface area contributed by atoms with Crippen molar-refractivity contribution in [2.24, 2.45) is 17.1 Å². The zero-order chi connectivity index (χ0) is 13.6. The third kappa shape index (κ3) is 2.04. The van der Waals surface area contributed by atoms with E-state index in [2.05, 4.69) is 5.32 Å². The van der Waals surface area contributed by atoms with E-state index in [9.17, 15) is 4.79 Å². The minimum atomic E-state index is -0.575. The highest BCUT2D eigenvalue weighted by molar-refractivity contribution is 7.17. The van der Waals surface area contributed by atoms with Crippen molar-refractivity contribution in [3.05, 3.63) is 10.4 Å². The molecule has 1 heterocycles. The van der Waals surface area contributed by atoms with Gasteiger partial charge in [-0.25, -0.2) is 0 Å². The number of nitrogens with two attached hydrogens (primary N) is 2. The zero-order valence-corrected chi connectivity index (χ0v) is 11.3. The SMILES string of the molecule is N#Cc1sc(NCC2(C3CC3)CC2)c(C(N)=O)c1N. The van der Waals surface area contributed by atoms with Crippen LogP contribution in [0.2, 0.25) is 0 Å². The predicted molar refractivity (Wildman–Crippen MR) is 74.8 cm³/mol. The monoisotopic (exact) mass is 276 g/mol. The summed E-state index contributed by atoms with van der Waals surface area (Å²) in [7, 11) is 0. The number of hydrogen-bond acceptors (Lipinski definition) is 5. The van der Waals surface area contributed by atoms with Crippen LogP contribution in [0.15, 0.2) is 0 Å². The molecule has 2 saturated carbocycles. The lowest BCUT2D eigenvalue weighted by Crippen LogP contribution is -2.20. The second-order valence-electron chi connectivity index (χ2n) is 5.52. The first-order valence-electron chi connectivity index (χ1n) is 6.43. The Kier molecular flexibility index (Phi) is 2.68. The number of rotatable bonds is 5. The third-order valence-corrected chi connectivity index (χ3v) is 5.30. The van der Waals surface area contributed by atoms with Gasteiger partial charge in [-0.2, -0.15) is 5.26 Å². The van der Waals surface area contributed by atoms with E-state index in [1.165, 1.54) is 37.0 Å². The van der Waals surface area contributed by atoms with Crippen LogP contribution in [0.4, 0.5) is 10.7 Å². The molecular formula is C13H16N4OS. The number of anilines is 2. The van der Waals surface area contributed by atoms with Gasteiger partial charge in [0.2, 0.25) is 0 Å². The number of nitrogens with zero attached hydrogens (tertiary/aromatic N) is 1. The van der Waals surface area contributed by atoms with Gasteiger partial charge in [-0.15, -0.1) is 11.3 Å². The first-order chi connectivity index (χ1) is 9.07. The standard InChI is InChI=1S/C13H16N4OS/c14-5-8-10(15)9(11(16)18)12(19-8)17-6-13(3-4-13)7-1-2-7/h7,17H,1-4,6,15H2,(H2,16,18). The second-order valence-corrected chi connectivity index (χ2v) is 6.54. The molecule has 0 radical (unpaired) electrons. The van der Waals surface area contributed by atoms with Crippen molar-refractivity contribution in [2.45, 2.75) is 25.7 Å². The highest BCUT2D eigenvalue weighted by Crippen LogP contribution is 2.61. The lowest BCUT2D eigenvalue weighted by molar-refractivity contribution is 0.100. The second kappa shape index (κ2) is 4.14. The van der Waals surface area contributed by atoms with Crippen molar-refractivity contribution in [3.8, 4) is 6.07 Å². The Morgan fingerprint density at radius 3 is 2.68 bits per heavy atom. The number of carbonyl (C=O) groups is 1. The maximum atomic E-state index is 11.5. The molecule has 1 aromatic rings. The summed E-state index contributed by atoms with van der Waals surface area (Å²) in [5, 5.41) is 12.9. The van der Waals surface area contributed by atoms with Gasteiger partial charge in [-0.05, 0) is 37.0 Å². The van der Waals surface area contributed by atoms with Crippen LogP contribution in [0.3, 0.4) is 0 Å². The van der Waals surface area contributed by atoms with Crippen LogP contribution in [0.1, 0.15) is 40.9 Å². The van der Waals surface area contributed by atoms with Gasteiger partial charge in [0.05, 0.1) is 11.3 Å². The maximum absolute atomic E-state index is 11.5. The molecule has 2 aliphatic rings. The Labute approximate surface area is 115 Å². The van der Waals surface area contributed by atoms with E-state index < -0.39 is 5.91 Å². The Morgan fingerprint density at radius 1 is 1.53 bits per heavy atom. The fourth-order valence-corrected chi connectivity index (χ4v) is 3.66. The molecule has 5 N–H and O–H groups in total. The molecule has 0 atom stereocenters. The molecular weight excluding hydrogens is 260 g/mol. The smallest absolute Gasteiger partial charge is 0.253 e. The van der Waals surface area contributed by atoms with Gasteiger partial charge >= 0.3 is 0 Å². The molecule has 0 aromatic carbocycles. The summed E-state index contributed by atoms with van der Waals surface area (Å²) in [6.07, 6.45) is 5.14. The molecule has 0 unspecified atom stereocenters. The topological polar surface area (TPSA) is 105 Å². The molecule has 5 nitrogen and oxygen atoms in total. The first-order valence-corrected chi connectivity index (χ1v) is 7.25. The molecule has 6 heteroatoms. The van der Waals surface area contributed by atoms with Crippen LogP contribution >= 0.6 is 11.3 Å². The van der Waals surface area contributed by atoms with Crippen molar-refractivity contribution in [3.63, 3.8) is 0 Å². The highest BCUT2D eigenvalue weighted by atomic mass is 32.1. The lowest BCUT2D eigenvalue weighted by Gasteiger charge is -2.15. The van der Waals surface area contributed by atoms with Gasteiger partial charge < -0.3 is 16.8 Å². The predicted octanol–water partition coefficient (Wildman–Crippen LogP) is 1.90. The number of nitrogen functional groups attached to an aromatic ring is 1. The number of nitriles is 1. The molecule has 100 valence electrons. The molecule has 19 heavy (non-hydrogen) atoms. The van der Waals surface area contributed by atoms with E-state index in [4.69, 9.17) is 16.7 Å². The van der Waals surface area contributed by atoms with E-state index in [0.29, 0.717) is 15.3 Å². The summed E-state index contributed by atoms with van der Waals surface area (Å²) in [4.78, 5) is 11.8. The van der Waals surface area contributed by atoms with Gasteiger partial charge in [0.25, 0.3) is 5.91 Å². The molecule has 3 rings (SSSR count). The molecule has 0 spiro atoms. The van der Waals surface area contributed by atoms with Crippen LogP contribution in [0.25, 0.3) is 0 Å². The number of primary amides is 1. The van der Waals surface area contributed by atoms with Crippen LogP contribution in [-0.4, -0.2) is 12.5 Å². The van der Waals surface area contributed by atoms with Crippen molar-refractivity contribution in [1.29, 1.82) is 5.26 Å². The quantitative estimate of drug-likeness (QED) is 0.763. The number of thiophene rings is 1. The number of carbonyl (C=O) groups excluding carboxylic acids is 1. The normalized spacial score (nSPS) is 19.7. The average Bonchev–Trinajstić information content (AvgIpc) is 3.23. The Hall–Kier alpha value is -1.74. The zero-order valence-electron chi connectivity index (χ0n) is 10.5. The van der Waals surface area contributed by atoms with Crippen molar-refractivity contribution >= 4 is 27.9 Å². The molecule has 2 aliphatic carbocycles. The lowest BCUT2D eigenvalue weighted by atomic mass is 10.0. The average molecular weight is 276 g/mol. The molecule has 2 fully saturated rings. The summed E-state index contributed by atoms with van der Waals surface area (Å²) in [6, 6.07) is 2.00. The largest absolute Gasteiger partial charge is 0.396 e. The molecule has 0 saturated heterocycles. The third-order valence-electron chi connectivity index (χ3n) is 4.23. The summed E-state index contributed by atoms with van der Waals surface area (Å²) in [5.41, 5.74) is 12.0. The van der Waals surface area contributed by atoms with Crippen LogP contribution in [-0.2, 0) is 0 Å². The number of nitrogens with one attached hydrogen (secondary N) is 1. The maximum Gasteiger partial charge on any atom is 0.253 e. The van der Waals surface area contributed by atoms with Gasteiger partial charge in [-0.3, -0.25) is 4.79 Å². The summed E-state index contributed by atoms with van der Waals surface area (Å²) < 4.78 is 0. The minimum absolute atomic E-state index is 0.207. The van der Waals surface area contributed by atoms with E-state index in [1.54, 1.807) is 0 Å². The van der Waals surface area contributed by atoms with E-state index in [-0.39, 0.29) is 11.3 Å². The van der Waals surface area contributed by atoms with Crippen molar-refractivity contribution < 1.29 is 4.79 Å². The minimum Gasteiger partial charge on any atom is -0.396 e. The van der Waals surface area contributed by atoms with Crippen LogP contribution in [0.5, 0.6) is 0 Å². The van der Waals surface area contributed by atoms with E-state index in [1.807, 2.05) is 6.07 Å². The number of hydrogen-bond donors (Lipinski definition) is 3. The fourth-order valence-electron chi connectivity index (χ4n) is 2.74. The van der Waals surface area contributed by atoms with Crippen molar-refractivity contribution in [2.75, 3.05) is 17.6 Å². The Balaban J connectivity index is 1.80. The van der Waals surface area contributed by atoms with E-state index in [0.717, 1.165) is 12.5 Å². The molecule has 0 aliphatic heterocycles. The highest BCUT2D eigenvalue weighted by Gasteiger charge is 2.53. The van der Waals surface area contributed by atoms with Gasteiger partial charge in [-0.1, -0.05) is 0 Å². The Bertz CT molecular complexity index is 578. The van der Waals surface area contributed by atoms with Gasteiger partial charge in [0, 0.05) is 6.54 Å². The molecule has 1 amide bonds. The number of amides is 1. The van der Waals surface area contributed by atoms with Crippen LogP contribution < -0.4 is 16.8 Å². The van der Waals surface area contributed by atoms with Crippen molar-refractivity contribution in [1.82, 2.24) is 0 Å². The van der Waals surface area contributed by atoms with Crippen LogP contribution in [0, 0.1) is 22.7 Å². The first kappa shape index (κ1) is 12.3. The van der Waals surface area contributed by atoms with E-state index >= 15 is 0 Å². The van der Waals surface area contributed by atoms with Gasteiger partial charge in [0.15, 0.2) is 0 Å². The summed E-state index contributed by atoms with van der Waals surface area (Å²) in [5.74, 6) is 0.263. The summed E-state index contributed by atoms with van der Waals surface area (Å²) >= 11 is 1.22. The molecule has 0 bridgehead atoms. The molecule has 1 aromatic heterocycles. The summed E-state index contributed by atoms with van der Waals surface area (Å²) in [6.45, 7) is 0.850. The van der Waals surface area contributed by atoms with Gasteiger partial charge in [0.1, 0.15) is 15.9 Å².